The first-order chi connectivity index (χ1) is 9.83. The molecular formula is C16H22N2O2. The lowest BCUT2D eigenvalue weighted by Gasteiger charge is -2.27. The van der Waals surface area contributed by atoms with Crippen LogP contribution in [0.25, 0.3) is 11.0 Å². The minimum absolute atomic E-state index is 0.239. The van der Waals surface area contributed by atoms with Crippen LogP contribution in [-0.4, -0.2) is 44.3 Å². The Bertz CT molecular complexity index is 513. The summed E-state index contributed by atoms with van der Waals surface area (Å²) in [7, 11) is 0. The van der Waals surface area contributed by atoms with Crippen LogP contribution >= 0.6 is 0 Å². The molecule has 20 heavy (non-hydrogen) atoms. The van der Waals surface area contributed by atoms with E-state index in [4.69, 9.17) is 9.15 Å². The highest BCUT2D eigenvalue weighted by Crippen LogP contribution is 2.23. The third-order valence-electron chi connectivity index (χ3n) is 3.85. The predicted molar refractivity (Wildman–Crippen MR) is 79.9 cm³/mol. The summed E-state index contributed by atoms with van der Waals surface area (Å²) in [6.07, 6.45) is 0. The van der Waals surface area contributed by atoms with Gasteiger partial charge in [-0.1, -0.05) is 18.2 Å². The maximum absolute atomic E-state index is 5.88. The van der Waals surface area contributed by atoms with Crippen molar-refractivity contribution in [2.75, 3.05) is 39.4 Å². The third-order valence-corrected chi connectivity index (χ3v) is 3.85. The third kappa shape index (κ3) is 3.20. The number of para-hydroxylation sites is 1. The number of rotatable bonds is 5. The maximum Gasteiger partial charge on any atom is 0.134 e. The molecule has 1 fully saturated rings. The number of fused-ring (bicyclic) bond motifs is 1. The molecule has 0 aliphatic carbocycles. The van der Waals surface area contributed by atoms with Gasteiger partial charge in [0, 0.05) is 31.6 Å². The average molecular weight is 274 g/mol. The van der Waals surface area contributed by atoms with E-state index in [-0.39, 0.29) is 6.04 Å². The quantitative estimate of drug-likeness (QED) is 0.908. The van der Waals surface area contributed by atoms with Gasteiger partial charge in [0.05, 0.1) is 19.3 Å². The molecule has 2 heterocycles. The molecule has 1 aromatic carbocycles. The second kappa shape index (κ2) is 6.39. The Hall–Kier alpha value is -1.36. The topological polar surface area (TPSA) is 37.6 Å². The Morgan fingerprint density at radius 2 is 2.05 bits per heavy atom. The van der Waals surface area contributed by atoms with Gasteiger partial charge in [0.2, 0.25) is 0 Å². The Morgan fingerprint density at radius 1 is 1.25 bits per heavy atom. The fourth-order valence-corrected chi connectivity index (χ4v) is 2.58. The summed E-state index contributed by atoms with van der Waals surface area (Å²) < 4.78 is 11.2. The number of nitrogens with zero attached hydrogens (tertiary/aromatic N) is 1. The molecule has 3 rings (SSSR count). The molecule has 1 unspecified atom stereocenters. The lowest BCUT2D eigenvalue weighted by Crippen LogP contribution is -2.40. The number of nitrogens with one attached hydrogen (secondary N) is 1. The molecule has 1 aromatic heterocycles. The van der Waals surface area contributed by atoms with Crippen LogP contribution in [0.2, 0.25) is 0 Å². The van der Waals surface area contributed by atoms with Gasteiger partial charge in [0.25, 0.3) is 0 Å². The van der Waals surface area contributed by atoms with Gasteiger partial charge in [-0.25, -0.2) is 0 Å². The van der Waals surface area contributed by atoms with Crippen molar-refractivity contribution in [1.82, 2.24) is 10.2 Å². The zero-order valence-corrected chi connectivity index (χ0v) is 12.0. The van der Waals surface area contributed by atoms with E-state index in [0.717, 1.165) is 50.7 Å². The summed E-state index contributed by atoms with van der Waals surface area (Å²) in [6.45, 7) is 7.99. The van der Waals surface area contributed by atoms with Gasteiger partial charge >= 0.3 is 0 Å². The molecule has 4 heteroatoms. The molecule has 1 atom stereocenters. The smallest absolute Gasteiger partial charge is 0.134 e. The molecule has 0 bridgehead atoms. The van der Waals surface area contributed by atoms with Crippen LogP contribution in [0.4, 0.5) is 0 Å². The van der Waals surface area contributed by atoms with Gasteiger partial charge in [0.15, 0.2) is 0 Å². The van der Waals surface area contributed by atoms with E-state index in [1.807, 2.05) is 18.2 Å². The summed E-state index contributed by atoms with van der Waals surface area (Å²) in [4.78, 5) is 2.43. The summed E-state index contributed by atoms with van der Waals surface area (Å²) in [5.41, 5.74) is 0.962. The Labute approximate surface area is 119 Å². The van der Waals surface area contributed by atoms with Crippen LogP contribution in [0.3, 0.4) is 0 Å². The molecule has 0 saturated carbocycles. The van der Waals surface area contributed by atoms with E-state index in [0.29, 0.717) is 0 Å². The van der Waals surface area contributed by atoms with E-state index in [1.165, 1.54) is 5.39 Å². The van der Waals surface area contributed by atoms with Crippen LogP contribution in [0, 0.1) is 0 Å². The number of hydrogen-bond acceptors (Lipinski definition) is 4. The standard InChI is InChI=1S/C16H22N2O2/c1-13(17-6-7-18-8-10-19-11-9-18)16-12-14-4-2-3-5-15(14)20-16/h2-5,12-13,17H,6-11H2,1H3. The number of benzene rings is 1. The average Bonchev–Trinajstić information content (AvgIpc) is 2.92. The monoisotopic (exact) mass is 274 g/mol. The Balaban J connectivity index is 1.52. The van der Waals surface area contributed by atoms with Crippen molar-refractivity contribution in [3.63, 3.8) is 0 Å². The van der Waals surface area contributed by atoms with Crippen molar-refractivity contribution in [3.8, 4) is 0 Å². The molecule has 0 radical (unpaired) electrons. The van der Waals surface area contributed by atoms with Gasteiger partial charge in [-0.05, 0) is 19.1 Å². The molecule has 4 nitrogen and oxygen atoms in total. The number of morpholine rings is 1. The van der Waals surface area contributed by atoms with Crippen LogP contribution < -0.4 is 5.32 Å². The minimum Gasteiger partial charge on any atom is -0.459 e. The SMILES string of the molecule is CC(NCCN1CCOCC1)c1cc2ccccc2o1. The Kier molecular flexibility index (Phi) is 4.35. The van der Waals surface area contributed by atoms with Gasteiger partial charge in [-0.15, -0.1) is 0 Å². The van der Waals surface area contributed by atoms with Gasteiger partial charge in [-0.3, -0.25) is 4.90 Å². The van der Waals surface area contributed by atoms with Crippen molar-refractivity contribution in [2.24, 2.45) is 0 Å². The predicted octanol–water partition coefficient (Wildman–Crippen LogP) is 2.42. The lowest BCUT2D eigenvalue weighted by molar-refractivity contribution is 0.0381. The zero-order valence-electron chi connectivity index (χ0n) is 12.0. The summed E-state index contributed by atoms with van der Waals surface area (Å²) in [5.74, 6) is 1.01. The minimum atomic E-state index is 0.239. The van der Waals surface area contributed by atoms with Gasteiger partial charge < -0.3 is 14.5 Å². The molecule has 1 N–H and O–H groups in total. The molecule has 108 valence electrons. The van der Waals surface area contributed by atoms with Crippen molar-refractivity contribution in [1.29, 1.82) is 0 Å². The lowest BCUT2D eigenvalue weighted by atomic mass is 10.2. The van der Waals surface area contributed by atoms with Crippen LogP contribution in [-0.2, 0) is 4.74 Å². The number of ether oxygens (including phenoxy) is 1. The summed E-state index contributed by atoms with van der Waals surface area (Å²) in [5, 5.41) is 4.70. The summed E-state index contributed by atoms with van der Waals surface area (Å²) in [6, 6.07) is 10.5. The fourth-order valence-electron chi connectivity index (χ4n) is 2.58. The Morgan fingerprint density at radius 3 is 2.85 bits per heavy atom. The highest BCUT2D eigenvalue weighted by molar-refractivity contribution is 5.77. The van der Waals surface area contributed by atoms with Crippen LogP contribution in [0.15, 0.2) is 34.7 Å². The van der Waals surface area contributed by atoms with E-state index < -0.39 is 0 Å². The van der Waals surface area contributed by atoms with Crippen LogP contribution in [0.5, 0.6) is 0 Å². The molecule has 1 saturated heterocycles. The zero-order chi connectivity index (χ0) is 13.8. The number of hydrogen-bond donors (Lipinski definition) is 1. The van der Waals surface area contributed by atoms with Gasteiger partial charge in [-0.2, -0.15) is 0 Å². The van der Waals surface area contributed by atoms with Crippen molar-refractivity contribution < 1.29 is 9.15 Å². The first kappa shape index (κ1) is 13.6. The first-order valence-electron chi connectivity index (χ1n) is 7.35. The first-order valence-corrected chi connectivity index (χ1v) is 7.35. The molecule has 2 aromatic rings. The molecule has 1 aliphatic rings. The highest BCUT2D eigenvalue weighted by atomic mass is 16.5. The van der Waals surface area contributed by atoms with Crippen molar-refractivity contribution >= 4 is 11.0 Å². The van der Waals surface area contributed by atoms with E-state index in [1.54, 1.807) is 0 Å². The van der Waals surface area contributed by atoms with E-state index in [9.17, 15) is 0 Å². The summed E-state index contributed by atoms with van der Waals surface area (Å²) >= 11 is 0. The fraction of sp³-hybridized carbons (Fsp3) is 0.500. The maximum atomic E-state index is 5.88. The second-order valence-electron chi connectivity index (χ2n) is 5.32. The molecule has 1 aliphatic heterocycles. The molecule has 0 amide bonds. The molecular weight excluding hydrogens is 252 g/mol. The van der Waals surface area contributed by atoms with Gasteiger partial charge in [0.1, 0.15) is 11.3 Å². The highest BCUT2D eigenvalue weighted by Gasteiger charge is 2.13. The van der Waals surface area contributed by atoms with Crippen LogP contribution in [0.1, 0.15) is 18.7 Å². The second-order valence-corrected chi connectivity index (χ2v) is 5.32. The largest absolute Gasteiger partial charge is 0.459 e. The molecule has 0 spiro atoms. The van der Waals surface area contributed by atoms with E-state index >= 15 is 0 Å². The van der Waals surface area contributed by atoms with E-state index in [2.05, 4.69) is 29.3 Å². The van der Waals surface area contributed by atoms with Crippen molar-refractivity contribution in [3.05, 3.63) is 36.1 Å². The number of furan rings is 1. The van der Waals surface area contributed by atoms with Crippen molar-refractivity contribution in [2.45, 2.75) is 13.0 Å². The normalized spacial score (nSPS) is 18.4.